The number of nitro benzene ring substituents is 1. The first-order valence-electron chi connectivity index (χ1n) is 6.25. The standard InChI is InChI=1S/C14H14N2O4S2/c1-11-7-9-12(10-8-11)22(19,20)15-21(2)14-6-4-3-5-13(14)16(17)18/h3-10H,1-2H3. The highest BCUT2D eigenvalue weighted by molar-refractivity contribution is 8.00. The van der Waals surface area contributed by atoms with Crippen molar-refractivity contribution in [1.29, 1.82) is 0 Å². The van der Waals surface area contributed by atoms with Crippen molar-refractivity contribution >= 4 is 26.4 Å². The van der Waals surface area contributed by atoms with Gasteiger partial charge in [-0.1, -0.05) is 29.8 Å². The molecule has 1 atom stereocenters. The van der Waals surface area contributed by atoms with Gasteiger partial charge in [-0.25, -0.2) is 0 Å². The number of rotatable bonds is 4. The van der Waals surface area contributed by atoms with Gasteiger partial charge in [0.05, 0.1) is 14.7 Å². The molecule has 0 bridgehead atoms. The lowest BCUT2D eigenvalue weighted by Gasteiger charge is -2.05. The van der Waals surface area contributed by atoms with Crippen LogP contribution in [0.5, 0.6) is 0 Å². The van der Waals surface area contributed by atoms with Crippen LogP contribution in [0.4, 0.5) is 5.69 Å². The fraction of sp³-hybridized carbons (Fsp3) is 0.143. The zero-order valence-corrected chi connectivity index (χ0v) is 13.6. The number of nitro groups is 1. The first-order valence-corrected chi connectivity index (χ1v) is 9.28. The summed E-state index contributed by atoms with van der Waals surface area (Å²) in [5, 5.41) is 11.0. The molecule has 6 nitrogen and oxygen atoms in total. The minimum absolute atomic E-state index is 0.0797. The van der Waals surface area contributed by atoms with E-state index in [9.17, 15) is 18.5 Å². The molecule has 0 N–H and O–H groups in total. The number of para-hydroxylation sites is 1. The molecule has 0 heterocycles. The van der Waals surface area contributed by atoms with Gasteiger partial charge in [-0.3, -0.25) is 10.1 Å². The lowest BCUT2D eigenvalue weighted by molar-refractivity contribution is -0.387. The van der Waals surface area contributed by atoms with Gasteiger partial charge in [0.1, 0.15) is 0 Å². The fourth-order valence-corrected chi connectivity index (χ4v) is 4.84. The van der Waals surface area contributed by atoms with E-state index in [1.54, 1.807) is 24.5 Å². The first kappa shape index (κ1) is 16.3. The third-order valence-corrected chi connectivity index (χ3v) is 6.44. The predicted molar refractivity (Wildman–Crippen MR) is 85.4 cm³/mol. The summed E-state index contributed by atoms with van der Waals surface area (Å²) in [6.45, 7) is 1.85. The van der Waals surface area contributed by atoms with Crippen LogP contribution in [0.15, 0.2) is 62.1 Å². The summed E-state index contributed by atoms with van der Waals surface area (Å²) in [6.07, 6.45) is 1.55. The maximum atomic E-state index is 12.3. The monoisotopic (exact) mass is 338 g/mol. The molecular weight excluding hydrogens is 324 g/mol. The molecule has 0 radical (unpaired) electrons. The summed E-state index contributed by atoms with van der Waals surface area (Å²) >= 11 is 0. The van der Waals surface area contributed by atoms with Crippen LogP contribution in [0.1, 0.15) is 5.56 Å². The molecule has 0 fully saturated rings. The normalized spacial score (nSPS) is 13.0. The van der Waals surface area contributed by atoms with Crippen LogP contribution in [-0.4, -0.2) is 19.6 Å². The average Bonchev–Trinajstić information content (AvgIpc) is 2.47. The summed E-state index contributed by atoms with van der Waals surface area (Å²) in [7, 11) is -5.00. The molecule has 116 valence electrons. The largest absolute Gasteiger partial charge is 0.288 e. The summed E-state index contributed by atoms with van der Waals surface area (Å²) < 4.78 is 28.4. The Morgan fingerprint density at radius 3 is 2.27 bits per heavy atom. The number of nitrogens with zero attached hydrogens (tertiary/aromatic N) is 2. The Labute approximate surface area is 131 Å². The van der Waals surface area contributed by atoms with Crippen molar-refractivity contribution < 1.29 is 13.3 Å². The SMILES string of the molecule is Cc1ccc(S(=O)(=O)N=S(C)c2ccccc2[N+](=O)[O-])cc1. The van der Waals surface area contributed by atoms with E-state index < -0.39 is 25.6 Å². The van der Waals surface area contributed by atoms with E-state index in [0.29, 0.717) is 4.90 Å². The maximum absolute atomic E-state index is 12.3. The molecule has 22 heavy (non-hydrogen) atoms. The van der Waals surface area contributed by atoms with Gasteiger partial charge < -0.3 is 0 Å². The number of benzene rings is 2. The summed E-state index contributed by atoms with van der Waals surface area (Å²) in [5.74, 6) is 0. The molecule has 1 unspecified atom stereocenters. The molecule has 2 aromatic carbocycles. The lowest BCUT2D eigenvalue weighted by atomic mass is 10.2. The van der Waals surface area contributed by atoms with Gasteiger partial charge in [-0.15, -0.1) is 3.77 Å². The number of hydrogen-bond donors (Lipinski definition) is 0. The Balaban J connectivity index is 2.48. The van der Waals surface area contributed by atoms with E-state index in [2.05, 4.69) is 3.77 Å². The third-order valence-electron chi connectivity index (χ3n) is 2.91. The van der Waals surface area contributed by atoms with Crippen molar-refractivity contribution in [3.8, 4) is 0 Å². The van der Waals surface area contributed by atoms with Crippen molar-refractivity contribution in [1.82, 2.24) is 0 Å². The Morgan fingerprint density at radius 2 is 1.68 bits per heavy atom. The highest BCUT2D eigenvalue weighted by atomic mass is 32.3. The van der Waals surface area contributed by atoms with E-state index in [4.69, 9.17) is 0 Å². The second kappa shape index (κ2) is 6.37. The maximum Gasteiger partial charge on any atom is 0.288 e. The van der Waals surface area contributed by atoms with Gasteiger partial charge in [0.2, 0.25) is 0 Å². The smallest absolute Gasteiger partial charge is 0.258 e. The molecule has 0 amide bonds. The highest BCUT2D eigenvalue weighted by Crippen LogP contribution is 2.24. The summed E-state index contributed by atoms with van der Waals surface area (Å²) in [5.41, 5.74) is 0.810. The summed E-state index contributed by atoms with van der Waals surface area (Å²) in [6, 6.07) is 12.3. The molecule has 2 rings (SSSR count). The highest BCUT2D eigenvalue weighted by Gasteiger charge is 2.18. The van der Waals surface area contributed by atoms with Crippen molar-refractivity contribution in [2.24, 2.45) is 3.77 Å². The Morgan fingerprint density at radius 1 is 1.09 bits per heavy atom. The van der Waals surface area contributed by atoms with Crippen LogP contribution in [0.2, 0.25) is 0 Å². The van der Waals surface area contributed by atoms with E-state index in [-0.39, 0.29) is 10.6 Å². The predicted octanol–water partition coefficient (Wildman–Crippen LogP) is 3.08. The molecule has 0 aliphatic carbocycles. The number of sulfonamides is 1. The molecule has 0 spiro atoms. The van der Waals surface area contributed by atoms with Crippen molar-refractivity contribution in [3.05, 3.63) is 64.2 Å². The Bertz CT molecular complexity index is 843. The van der Waals surface area contributed by atoms with E-state index in [1.165, 1.54) is 30.3 Å². The van der Waals surface area contributed by atoms with Crippen molar-refractivity contribution in [2.75, 3.05) is 6.26 Å². The second-order valence-corrected chi connectivity index (χ2v) is 7.98. The van der Waals surface area contributed by atoms with Crippen LogP contribution >= 0.6 is 0 Å². The number of hydrogen-bond acceptors (Lipinski definition) is 4. The van der Waals surface area contributed by atoms with Crippen LogP contribution in [0.25, 0.3) is 0 Å². The van der Waals surface area contributed by atoms with Gasteiger partial charge in [-0.2, -0.15) is 8.42 Å². The molecule has 8 heteroatoms. The number of aryl methyl sites for hydroxylation is 1. The van der Waals surface area contributed by atoms with Gasteiger partial charge in [0, 0.05) is 6.07 Å². The van der Waals surface area contributed by atoms with E-state index >= 15 is 0 Å². The third kappa shape index (κ3) is 3.58. The molecular formula is C14H14N2O4S2. The fourth-order valence-electron chi connectivity index (χ4n) is 1.80. The van der Waals surface area contributed by atoms with Crippen LogP contribution in [-0.2, 0) is 20.7 Å². The van der Waals surface area contributed by atoms with Gasteiger partial charge in [0.25, 0.3) is 15.7 Å². The van der Waals surface area contributed by atoms with Gasteiger partial charge >= 0.3 is 0 Å². The Kier molecular flexibility index (Phi) is 4.72. The second-order valence-electron chi connectivity index (χ2n) is 4.57. The van der Waals surface area contributed by atoms with Crippen LogP contribution in [0, 0.1) is 17.0 Å². The van der Waals surface area contributed by atoms with Crippen molar-refractivity contribution in [2.45, 2.75) is 16.7 Å². The van der Waals surface area contributed by atoms with Crippen LogP contribution < -0.4 is 0 Å². The average molecular weight is 338 g/mol. The summed E-state index contributed by atoms with van der Waals surface area (Å²) in [4.78, 5) is 10.9. The molecule has 0 aliphatic heterocycles. The zero-order valence-electron chi connectivity index (χ0n) is 12.0. The van der Waals surface area contributed by atoms with Crippen molar-refractivity contribution in [3.63, 3.8) is 0 Å². The molecule has 0 aromatic heterocycles. The zero-order chi connectivity index (χ0) is 16.3. The lowest BCUT2D eigenvalue weighted by Crippen LogP contribution is -2.02. The topological polar surface area (TPSA) is 89.6 Å². The molecule has 2 aromatic rings. The minimum Gasteiger partial charge on any atom is -0.258 e. The minimum atomic E-state index is -3.85. The Hall–Kier alpha value is -2.06. The van der Waals surface area contributed by atoms with Crippen LogP contribution in [0.3, 0.4) is 0 Å². The van der Waals surface area contributed by atoms with E-state index in [1.807, 2.05) is 6.92 Å². The molecule has 0 saturated heterocycles. The van der Waals surface area contributed by atoms with Gasteiger partial charge in [0.15, 0.2) is 0 Å². The quantitative estimate of drug-likeness (QED) is 0.633. The molecule has 0 aliphatic rings. The van der Waals surface area contributed by atoms with Gasteiger partial charge in [-0.05, 0) is 42.1 Å². The molecule has 0 saturated carbocycles. The van der Waals surface area contributed by atoms with E-state index in [0.717, 1.165) is 5.56 Å². The first-order chi connectivity index (χ1) is 10.3.